The second-order valence-electron chi connectivity index (χ2n) is 4.55. The van der Waals surface area contributed by atoms with Crippen LogP contribution in [-0.2, 0) is 11.2 Å². The van der Waals surface area contributed by atoms with Gasteiger partial charge in [0.1, 0.15) is 11.6 Å². The molecular formula is C13H14BrFO. The van der Waals surface area contributed by atoms with Crippen LogP contribution in [0.1, 0.15) is 25.3 Å². The number of halogens is 2. The van der Waals surface area contributed by atoms with Crippen molar-refractivity contribution in [3.63, 3.8) is 0 Å². The Balaban J connectivity index is 2.04. The summed E-state index contributed by atoms with van der Waals surface area (Å²) in [6.07, 6.45) is 2.67. The summed E-state index contributed by atoms with van der Waals surface area (Å²) in [5.74, 6) is 0.628. The zero-order valence-corrected chi connectivity index (χ0v) is 10.8. The molecule has 86 valence electrons. The Morgan fingerprint density at radius 1 is 1.50 bits per heavy atom. The molecule has 0 amide bonds. The third-order valence-electron chi connectivity index (χ3n) is 3.14. The highest BCUT2D eigenvalue weighted by Gasteiger charge is 2.32. The summed E-state index contributed by atoms with van der Waals surface area (Å²) in [5.41, 5.74) is 0.754. The smallest absolute Gasteiger partial charge is 0.140 e. The Hall–Kier alpha value is -0.700. The van der Waals surface area contributed by atoms with Gasteiger partial charge in [-0.15, -0.1) is 0 Å². The van der Waals surface area contributed by atoms with Crippen molar-refractivity contribution in [2.24, 2.45) is 11.8 Å². The fraction of sp³-hybridized carbons (Fsp3) is 0.462. The first-order valence-corrected chi connectivity index (χ1v) is 6.33. The fourth-order valence-corrected chi connectivity index (χ4v) is 2.45. The van der Waals surface area contributed by atoms with Crippen LogP contribution < -0.4 is 0 Å². The van der Waals surface area contributed by atoms with Crippen LogP contribution in [0.15, 0.2) is 22.7 Å². The number of benzene rings is 1. The number of ketones is 1. The molecule has 1 aromatic carbocycles. The van der Waals surface area contributed by atoms with Crippen LogP contribution in [0.5, 0.6) is 0 Å². The predicted octanol–water partition coefficient (Wildman–Crippen LogP) is 3.75. The van der Waals surface area contributed by atoms with E-state index in [4.69, 9.17) is 0 Å². The van der Waals surface area contributed by atoms with E-state index in [0.717, 1.165) is 5.56 Å². The molecule has 1 aliphatic carbocycles. The standard InChI is InChI=1S/C13H14BrFO/c1-8(10-2-3-10)13(16)6-9-4-11(14)7-12(15)5-9/h4-5,7-8,10H,2-3,6H2,1H3. The van der Waals surface area contributed by atoms with Gasteiger partial charge in [-0.05, 0) is 42.5 Å². The topological polar surface area (TPSA) is 17.1 Å². The van der Waals surface area contributed by atoms with Gasteiger partial charge >= 0.3 is 0 Å². The van der Waals surface area contributed by atoms with Gasteiger partial charge < -0.3 is 0 Å². The van der Waals surface area contributed by atoms with Crippen LogP contribution in [0, 0.1) is 17.7 Å². The summed E-state index contributed by atoms with van der Waals surface area (Å²) in [7, 11) is 0. The molecule has 0 aromatic heterocycles. The largest absolute Gasteiger partial charge is 0.299 e. The van der Waals surface area contributed by atoms with E-state index < -0.39 is 0 Å². The maximum absolute atomic E-state index is 13.1. The second-order valence-corrected chi connectivity index (χ2v) is 5.46. The van der Waals surface area contributed by atoms with Gasteiger partial charge in [-0.3, -0.25) is 4.79 Å². The minimum Gasteiger partial charge on any atom is -0.299 e. The Bertz CT molecular complexity index is 392. The van der Waals surface area contributed by atoms with Gasteiger partial charge in [0.15, 0.2) is 0 Å². The molecule has 0 saturated heterocycles. The van der Waals surface area contributed by atoms with Crippen molar-refractivity contribution in [1.29, 1.82) is 0 Å². The van der Waals surface area contributed by atoms with Crippen molar-refractivity contribution in [2.45, 2.75) is 26.2 Å². The van der Waals surface area contributed by atoms with Crippen molar-refractivity contribution in [3.8, 4) is 0 Å². The monoisotopic (exact) mass is 284 g/mol. The molecule has 3 heteroatoms. The van der Waals surface area contributed by atoms with E-state index in [-0.39, 0.29) is 17.5 Å². The Morgan fingerprint density at radius 2 is 2.19 bits per heavy atom. The minimum atomic E-state index is -0.295. The molecule has 1 atom stereocenters. The van der Waals surface area contributed by atoms with E-state index in [0.29, 0.717) is 16.8 Å². The first-order chi connectivity index (χ1) is 7.56. The molecule has 0 N–H and O–H groups in total. The SMILES string of the molecule is CC(C(=O)Cc1cc(F)cc(Br)c1)C1CC1. The number of Topliss-reactive ketones (excluding diaryl/α,β-unsaturated/α-hetero) is 1. The van der Waals surface area contributed by atoms with E-state index in [2.05, 4.69) is 15.9 Å². The molecule has 1 unspecified atom stereocenters. The van der Waals surface area contributed by atoms with Crippen LogP contribution in [0.4, 0.5) is 4.39 Å². The highest BCUT2D eigenvalue weighted by atomic mass is 79.9. The highest BCUT2D eigenvalue weighted by molar-refractivity contribution is 9.10. The lowest BCUT2D eigenvalue weighted by molar-refractivity contribution is -0.122. The average Bonchev–Trinajstić information content (AvgIpc) is 2.97. The molecule has 1 aliphatic rings. The second kappa shape index (κ2) is 4.66. The van der Waals surface area contributed by atoms with Crippen molar-refractivity contribution in [3.05, 3.63) is 34.1 Å². The summed E-state index contributed by atoms with van der Waals surface area (Å²) in [6.45, 7) is 1.98. The van der Waals surface area contributed by atoms with Gasteiger partial charge in [0.25, 0.3) is 0 Å². The zero-order chi connectivity index (χ0) is 11.7. The average molecular weight is 285 g/mol. The molecule has 0 aliphatic heterocycles. The summed E-state index contributed by atoms with van der Waals surface area (Å²) in [5, 5.41) is 0. The maximum Gasteiger partial charge on any atom is 0.140 e. The lowest BCUT2D eigenvalue weighted by Gasteiger charge is -2.09. The predicted molar refractivity (Wildman–Crippen MR) is 64.7 cm³/mol. The molecule has 1 saturated carbocycles. The van der Waals surface area contributed by atoms with Gasteiger partial charge in [-0.1, -0.05) is 22.9 Å². The molecule has 16 heavy (non-hydrogen) atoms. The van der Waals surface area contributed by atoms with Crippen LogP contribution in [-0.4, -0.2) is 5.78 Å². The maximum atomic E-state index is 13.1. The molecule has 1 aromatic rings. The molecule has 0 bridgehead atoms. The van der Waals surface area contributed by atoms with Gasteiger partial charge in [0.2, 0.25) is 0 Å². The fourth-order valence-electron chi connectivity index (χ4n) is 1.93. The van der Waals surface area contributed by atoms with Gasteiger partial charge in [0, 0.05) is 16.8 Å². The quantitative estimate of drug-likeness (QED) is 0.823. The van der Waals surface area contributed by atoms with Crippen molar-refractivity contribution in [1.82, 2.24) is 0 Å². The first kappa shape index (κ1) is 11.8. The van der Waals surface area contributed by atoms with Crippen LogP contribution in [0.2, 0.25) is 0 Å². The normalized spacial score (nSPS) is 17.2. The molecule has 1 fully saturated rings. The number of rotatable bonds is 4. The summed E-state index contributed by atoms with van der Waals surface area (Å²) < 4.78 is 13.8. The Kier molecular flexibility index (Phi) is 3.43. The molecular weight excluding hydrogens is 271 g/mol. The van der Waals surface area contributed by atoms with E-state index in [9.17, 15) is 9.18 Å². The third kappa shape index (κ3) is 2.91. The van der Waals surface area contributed by atoms with Crippen molar-refractivity contribution in [2.75, 3.05) is 0 Å². The van der Waals surface area contributed by atoms with E-state index in [1.807, 2.05) is 6.92 Å². The van der Waals surface area contributed by atoms with Crippen LogP contribution >= 0.6 is 15.9 Å². The van der Waals surface area contributed by atoms with Crippen molar-refractivity contribution < 1.29 is 9.18 Å². The Labute approximate surface area is 103 Å². The van der Waals surface area contributed by atoms with E-state index in [1.54, 1.807) is 6.07 Å². The molecule has 1 nitrogen and oxygen atoms in total. The number of carbonyl (C=O) groups is 1. The van der Waals surface area contributed by atoms with Gasteiger partial charge in [-0.2, -0.15) is 0 Å². The highest BCUT2D eigenvalue weighted by Crippen LogP contribution is 2.37. The summed E-state index contributed by atoms with van der Waals surface area (Å²) in [4.78, 5) is 11.9. The summed E-state index contributed by atoms with van der Waals surface area (Å²) >= 11 is 3.23. The van der Waals surface area contributed by atoms with Crippen LogP contribution in [0.3, 0.4) is 0 Å². The van der Waals surface area contributed by atoms with Crippen molar-refractivity contribution >= 4 is 21.7 Å². The lowest BCUT2D eigenvalue weighted by atomic mass is 9.95. The number of hydrogen-bond acceptors (Lipinski definition) is 1. The zero-order valence-electron chi connectivity index (χ0n) is 9.17. The lowest BCUT2D eigenvalue weighted by Crippen LogP contribution is -2.15. The van der Waals surface area contributed by atoms with Crippen LogP contribution in [0.25, 0.3) is 0 Å². The van der Waals surface area contributed by atoms with E-state index in [1.165, 1.54) is 25.0 Å². The summed E-state index contributed by atoms with van der Waals surface area (Å²) in [6, 6.07) is 4.64. The number of carbonyl (C=O) groups excluding carboxylic acids is 1. The molecule has 0 heterocycles. The third-order valence-corrected chi connectivity index (χ3v) is 3.60. The first-order valence-electron chi connectivity index (χ1n) is 5.54. The molecule has 0 spiro atoms. The molecule has 2 rings (SSSR count). The molecule has 0 radical (unpaired) electrons. The van der Waals surface area contributed by atoms with E-state index >= 15 is 0 Å². The number of hydrogen-bond donors (Lipinski definition) is 0. The van der Waals surface area contributed by atoms with Gasteiger partial charge in [0.05, 0.1) is 0 Å². The van der Waals surface area contributed by atoms with Gasteiger partial charge in [-0.25, -0.2) is 4.39 Å². The Morgan fingerprint density at radius 3 is 2.75 bits per heavy atom. The minimum absolute atomic E-state index is 0.127.